The fraction of sp³-hybridized carbons (Fsp3) is 0.462. The smallest absolute Gasteiger partial charge is 0.310 e. The number of carboxylic acid groups (broad SMARTS) is 1. The number of aliphatic carboxylic acids is 1. The van der Waals surface area contributed by atoms with Gasteiger partial charge in [-0.1, -0.05) is 0 Å². The molecule has 0 radical (unpaired) electrons. The summed E-state index contributed by atoms with van der Waals surface area (Å²) in [6.07, 6.45) is 0.301. The van der Waals surface area contributed by atoms with Gasteiger partial charge >= 0.3 is 5.97 Å². The molecule has 6 nitrogen and oxygen atoms in total. The zero-order valence-corrected chi connectivity index (χ0v) is 14.1. The van der Waals surface area contributed by atoms with Gasteiger partial charge in [0.05, 0.1) is 21.9 Å². The first-order chi connectivity index (χ1) is 9.70. The minimum absolute atomic E-state index is 0.0248. The topological polar surface area (TPSA) is 83.9 Å². The van der Waals surface area contributed by atoms with Gasteiger partial charge in [0, 0.05) is 19.2 Å². The molecule has 0 saturated carbocycles. The number of nitrogens with zero attached hydrogens (tertiary/aromatic N) is 1. The van der Waals surface area contributed by atoms with Gasteiger partial charge in [0.2, 0.25) is 10.0 Å². The summed E-state index contributed by atoms with van der Waals surface area (Å²) < 4.78 is 32.1. The third-order valence-corrected chi connectivity index (χ3v) is 6.21. The number of sulfonamides is 1. The van der Waals surface area contributed by atoms with Gasteiger partial charge in [-0.05, 0) is 41.4 Å². The van der Waals surface area contributed by atoms with Crippen molar-refractivity contribution in [2.75, 3.05) is 20.2 Å². The highest BCUT2D eigenvalue weighted by molar-refractivity contribution is 9.10. The Labute approximate surface area is 131 Å². The van der Waals surface area contributed by atoms with Crippen molar-refractivity contribution in [3.05, 3.63) is 22.7 Å². The van der Waals surface area contributed by atoms with Crippen LogP contribution >= 0.6 is 15.9 Å². The van der Waals surface area contributed by atoms with Crippen LogP contribution in [0.1, 0.15) is 13.3 Å². The predicted molar refractivity (Wildman–Crippen MR) is 79.8 cm³/mol. The summed E-state index contributed by atoms with van der Waals surface area (Å²) in [7, 11) is -2.27. The number of ether oxygens (including phenoxy) is 1. The highest BCUT2D eigenvalue weighted by atomic mass is 79.9. The second-order valence-electron chi connectivity index (χ2n) is 5.25. The van der Waals surface area contributed by atoms with Crippen molar-refractivity contribution in [1.82, 2.24) is 4.31 Å². The molecule has 0 amide bonds. The van der Waals surface area contributed by atoms with Gasteiger partial charge in [0.15, 0.2) is 0 Å². The van der Waals surface area contributed by atoms with E-state index in [2.05, 4.69) is 15.9 Å². The van der Waals surface area contributed by atoms with Crippen molar-refractivity contribution in [3.63, 3.8) is 0 Å². The van der Waals surface area contributed by atoms with Gasteiger partial charge in [-0.15, -0.1) is 0 Å². The summed E-state index contributed by atoms with van der Waals surface area (Å²) in [5.41, 5.74) is -1.04. The number of carbonyl (C=O) groups is 1. The average Bonchev–Trinajstić information content (AvgIpc) is 2.84. The molecule has 1 unspecified atom stereocenters. The number of halogens is 1. The molecule has 21 heavy (non-hydrogen) atoms. The monoisotopic (exact) mass is 377 g/mol. The molecule has 0 aliphatic carbocycles. The van der Waals surface area contributed by atoms with E-state index in [1.807, 2.05) is 0 Å². The summed E-state index contributed by atoms with van der Waals surface area (Å²) in [6.45, 7) is 1.74. The minimum atomic E-state index is -3.72. The largest absolute Gasteiger partial charge is 0.496 e. The quantitative estimate of drug-likeness (QED) is 0.866. The Hall–Kier alpha value is -1.12. The van der Waals surface area contributed by atoms with Crippen LogP contribution in [0.5, 0.6) is 5.75 Å². The van der Waals surface area contributed by atoms with Gasteiger partial charge in [0.1, 0.15) is 5.75 Å². The fourth-order valence-corrected chi connectivity index (χ4v) is 4.24. The molecule has 1 aromatic rings. The average molecular weight is 378 g/mol. The van der Waals surface area contributed by atoms with Crippen LogP contribution in [0.25, 0.3) is 0 Å². The molecule has 1 heterocycles. The Kier molecular flexibility index (Phi) is 4.32. The molecule has 1 aliphatic rings. The molecule has 1 N–H and O–H groups in total. The number of methoxy groups -OCH3 is 1. The Bertz CT molecular complexity index is 675. The lowest BCUT2D eigenvalue weighted by atomic mass is 9.90. The third kappa shape index (κ3) is 2.93. The van der Waals surface area contributed by atoms with Gasteiger partial charge in [-0.3, -0.25) is 4.79 Å². The Morgan fingerprint density at radius 1 is 1.48 bits per heavy atom. The first-order valence-corrected chi connectivity index (χ1v) is 8.51. The number of hydrogen-bond acceptors (Lipinski definition) is 4. The Morgan fingerprint density at radius 3 is 2.67 bits per heavy atom. The van der Waals surface area contributed by atoms with E-state index in [9.17, 15) is 18.3 Å². The van der Waals surface area contributed by atoms with E-state index in [0.29, 0.717) is 16.6 Å². The molecule has 8 heteroatoms. The number of benzene rings is 1. The lowest BCUT2D eigenvalue weighted by Crippen LogP contribution is -2.34. The molecular weight excluding hydrogens is 362 g/mol. The molecule has 1 fully saturated rings. The van der Waals surface area contributed by atoms with Crippen LogP contribution in [0, 0.1) is 5.41 Å². The SMILES string of the molecule is COc1cc(S(=O)(=O)N2CCC(C)(C(=O)O)C2)ccc1Br. The number of hydrogen-bond donors (Lipinski definition) is 1. The normalized spacial score (nSPS) is 23.2. The van der Waals surface area contributed by atoms with E-state index in [4.69, 9.17) is 4.74 Å². The highest BCUT2D eigenvalue weighted by Crippen LogP contribution is 2.35. The van der Waals surface area contributed by atoms with Crippen molar-refractivity contribution in [2.45, 2.75) is 18.2 Å². The minimum Gasteiger partial charge on any atom is -0.496 e. The van der Waals surface area contributed by atoms with Crippen molar-refractivity contribution in [3.8, 4) is 5.75 Å². The van der Waals surface area contributed by atoms with Crippen LogP contribution in [-0.4, -0.2) is 44.0 Å². The molecule has 116 valence electrons. The van der Waals surface area contributed by atoms with Gasteiger partial charge < -0.3 is 9.84 Å². The van der Waals surface area contributed by atoms with E-state index < -0.39 is 21.4 Å². The van der Waals surface area contributed by atoms with Crippen LogP contribution in [0.15, 0.2) is 27.6 Å². The standard InChI is InChI=1S/C13H16BrNO5S/c1-13(12(16)17)5-6-15(8-13)21(18,19)9-3-4-10(14)11(7-9)20-2/h3-4,7H,5-6,8H2,1-2H3,(H,16,17). The molecule has 1 saturated heterocycles. The van der Waals surface area contributed by atoms with Crippen molar-refractivity contribution in [1.29, 1.82) is 0 Å². The molecule has 0 spiro atoms. The van der Waals surface area contributed by atoms with Crippen molar-refractivity contribution >= 4 is 31.9 Å². The van der Waals surface area contributed by atoms with Gasteiger partial charge in [-0.2, -0.15) is 4.31 Å². The van der Waals surface area contributed by atoms with Crippen LogP contribution in [0.3, 0.4) is 0 Å². The lowest BCUT2D eigenvalue weighted by molar-refractivity contribution is -0.146. The van der Waals surface area contributed by atoms with E-state index >= 15 is 0 Å². The van der Waals surface area contributed by atoms with E-state index in [1.54, 1.807) is 13.0 Å². The van der Waals surface area contributed by atoms with Crippen LogP contribution < -0.4 is 4.74 Å². The van der Waals surface area contributed by atoms with Crippen LogP contribution in [0.2, 0.25) is 0 Å². The maximum atomic E-state index is 12.6. The van der Waals surface area contributed by atoms with E-state index in [1.165, 1.54) is 23.5 Å². The zero-order chi connectivity index (χ0) is 15.8. The third-order valence-electron chi connectivity index (χ3n) is 3.71. The second kappa shape index (κ2) is 5.58. The molecule has 2 rings (SSSR count). The molecule has 0 aromatic heterocycles. The molecular formula is C13H16BrNO5S. The summed E-state index contributed by atoms with van der Waals surface area (Å²) >= 11 is 3.27. The first-order valence-electron chi connectivity index (χ1n) is 6.28. The summed E-state index contributed by atoms with van der Waals surface area (Å²) in [6, 6.07) is 4.49. The van der Waals surface area contributed by atoms with E-state index in [0.717, 1.165) is 0 Å². The van der Waals surface area contributed by atoms with E-state index in [-0.39, 0.29) is 18.0 Å². The maximum Gasteiger partial charge on any atom is 0.310 e. The molecule has 0 bridgehead atoms. The number of rotatable bonds is 4. The number of carboxylic acids is 1. The Morgan fingerprint density at radius 2 is 2.14 bits per heavy atom. The molecule has 1 aliphatic heterocycles. The lowest BCUT2D eigenvalue weighted by Gasteiger charge is -2.20. The van der Waals surface area contributed by atoms with Crippen LogP contribution in [-0.2, 0) is 14.8 Å². The predicted octanol–water partition coefficient (Wildman–Crippen LogP) is 1.94. The summed E-state index contributed by atoms with van der Waals surface area (Å²) in [5, 5.41) is 9.20. The van der Waals surface area contributed by atoms with Crippen molar-refractivity contribution in [2.24, 2.45) is 5.41 Å². The van der Waals surface area contributed by atoms with Crippen LogP contribution in [0.4, 0.5) is 0 Å². The first kappa shape index (κ1) is 16.3. The molecule has 1 aromatic carbocycles. The van der Waals surface area contributed by atoms with Gasteiger partial charge in [-0.25, -0.2) is 8.42 Å². The van der Waals surface area contributed by atoms with Crippen molar-refractivity contribution < 1.29 is 23.1 Å². The zero-order valence-electron chi connectivity index (χ0n) is 11.7. The summed E-state index contributed by atoms with van der Waals surface area (Å²) in [4.78, 5) is 11.3. The highest BCUT2D eigenvalue weighted by Gasteiger charge is 2.44. The second-order valence-corrected chi connectivity index (χ2v) is 8.04. The maximum absolute atomic E-state index is 12.6. The Balaban J connectivity index is 2.34. The fourth-order valence-electron chi connectivity index (χ4n) is 2.25. The van der Waals surface area contributed by atoms with Gasteiger partial charge in [0.25, 0.3) is 0 Å². The summed E-state index contributed by atoms with van der Waals surface area (Å²) in [5.74, 6) is -0.565. The molecule has 1 atom stereocenters.